The predicted molar refractivity (Wildman–Crippen MR) is 85.6 cm³/mol. The van der Waals surface area contributed by atoms with Crippen LogP contribution >= 0.6 is 0 Å². The van der Waals surface area contributed by atoms with E-state index >= 15 is 0 Å². The number of hydrogen-bond donors (Lipinski definition) is 1. The maximum absolute atomic E-state index is 6.04. The van der Waals surface area contributed by atoms with Gasteiger partial charge in [0.1, 0.15) is 5.75 Å². The lowest BCUT2D eigenvalue weighted by Crippen LogP contribution is -2.32. The number of rotatable bonds is 7. The van der Waals surface area contributed by atoms with Crippen molar-refractivity contribution in [3.05, 3.63) is 29.8 Å². The summed E-state index contributed by atoms with van der Waals surface area (Å²) in [5.41, 5.74) is 7.29. The molecule has 0 aliphatic carbocycles. The van der Waals surface area contributed by atoms with Crippen LogP contribution in [0.2, 0.25) is 0 Å². The van der Waals surface area contributed by atoms with Crippen LogP contribution in [0.5, 0.6) is 5.75 Å². The van der Waals surface area contributed by atoms with Crippen LogP contribution in [0.15, 0.2) is 24.3 Å². The zero-order chi connectivity index (χ0) is 15.2. The van der Waals surface area contributed by atoms with Crippen molar-refractivity contribution >= 4 is 0 Å². The van der Waals surface area contributed by atoms with E-state index in [4.69, 9.17) is 15.2 Å². The molecule has 21 heavy (non-hydrogen) atoms. The number of likely N-dealkylation sites (tertiary alicyclic amines) is 1. The van der Waals surface area contributed by atoms with E-state index in [1.807, 2.05) is 19.9 Å². The first-order chi connectivity index (χ1) is 10.1. The molecule has 118 valence electrons. The summed E-state index contributed by atoms with van der Waals surface area (Å²) in [6.45, 7) is 7.71. The van der Waals surface area contributed by atoms with E-state index in [9.17, 15) is 0 Å². The van der Waals surface area contributed by atoms with Gasteiger partial charge in [0, 0.05) is 26.2 Å². The molecule has 0 aromatic heterocycles. The average molecular weight is 292 g/mol. The Hall–Kier alpha value is -1.10. The van der Waals surface area contributed by atoms with Gasteiger partial charge in [0.05, 0.1) is 12.7 Å². The van der Waals surface area contributed by atoms with Gasteiger partial charge in [0.15, 0.2) is 0 Å². The maximum atomic E-state index is 6.04. The second-order valence-electron chi connectivity index (χ2n) is 6.10. The van der Waals surface area contributed by atoms with Crippen molar-refractivity contribution in [2.24, 2.45) is 11.7 Å². The minimum atomic E-state index is 0.189. The molecule has 4 heteroatoms. The summed E-state index contributed by atoms with van der Waals surface area (Å²) in [6.07, 6.45) is 1.38. The first-order valence-electron chi connectivity index (χ1n) is 7.83. The molecule has 2 atom stereocenters. The Morgan fingerprint density at radius 3 is 2.86 bits per heavy atom. The smallest absolute Gasteiger partial charge is 0.120 e. The lowest BCUT2D eigenvalue weighted by Gasteiger charge is -2.27. The number of nitrogens with zero attached hydrogens (tertiary/aromatic N) is 1. The molecule has 0 bridgehead atoms. The van der Waals surface area contributed by atoms with Gasteiger partial charge >= 0.3 is 0 Å². The van der Waals surface area contributed by atoms with Crippen molar-refractivity contribution in [2.75, 3.05) is 33.4 Å². The zero-order valence-electron chi connectivity index (χ0n) is 13.4. The third kappa shape index (κ3) is 4.43. The average Bonchev–Trinajstić information content (AvgIpc) is 2.88. The summed E-state index contributed by atoms with van der Waals surface area (Å²) in [7, 11) is 1.77. The Balaban J connectivity index is 2.07. The Kier molecular flexibility index (Phi) is 6.03. The quantitative estimate of drug-likeness (QED) is 0.838. The van der Waals surface area contributed by atoms with E-state index in [1.54, 1.807) is 7.11 Å². The summed E-state index contributed by atoms with van der Waals surface area (Å²) in [5, 5.41) is 0. The van der Waals surface area contributed by atoms with Crippen molar-refractivity contribution in [1.29, 1.82) is 0 Å². The van der Waals surface area contributed by atoms with Gasteiger partial charge < -0.3 is 15.2 Å². The number of nitrogens with two attached hydrogens (primary N) is 1. The third-order valence-electron chi connectivity index (χ3n) is 4.00. The SMILES string of the molecule is COCC1CCN(C(CN)c2cccc(OC(C)C)c2)C1. The van der Waals surface area contributed by atoms with Gasteiger partial charge in [0.25, 0.3) is 0 Å². The molecule has 1 aliphatic heterocycles. The molecule has 1 saturated heterocycles. The highest BCUT2D eigenvalue weighted by atomic mass is 16.5. The normalized spacial score (nSPS) is 20.9. The first-order valence-corrected chi connectivity index (χ1v) is 7.83. The lowest BCUT2D eigenvalue weighted by molar-refractivity contribution is 0.147. The van der Waals surface area contributed by atoms with Crippen molar-refractivity contribution in [3.8, 4) is 5.75 Å². The molecule has 1 fully saturated rings. The summed E-state index contributed by atoms with van der Waals surface area (Å²) in [4.78, 5) is 2.47. The number of hydrogen-bond acceptors (Lipinski definition) is 4. The fraction of sp³-hybridized carbons (Fsp3) is 0.647. The van der Waals surface area contributed by atoms with Crippen LogP contribution in [-0.2, 0) is 4.74 Å². The van der Waals surface area contributed by atoms with Crippen LogP contribution in [-0.4, -0.2) is 44.4 Å². The molecule has 1 aliphatic rings. The van der Waals surface area contributed by atoms with E-state index in [1.165, 1.54) is 12.0 Å². The Labute approximate surface area is 128 Å². The monoisotopic (exact) mass is 292 g/mol. The van der Waals surface area contributed by atoms with E-state index < -0.39 is 0 Å². The molecule has 1 heterocycles. The molecule has 0 spiro atoms. The number of methoxy groups -OCH3 is 1. The van der Waals surface area contributed by atoms with Crippen LogP contribution in [0.3, 0.4) is 0 Å². The summed E-state index contributed by atoms with van der Waals surface area (Å²) in [6, 6.07) is 8.60. The fourth-order valence-corrected chi connectivity index (χ4v) is 3.08. The lowest BCUT2D eigenvalue weighted by atomic mass is 10.1. The first kappa shape index (κ1) is 16.3. The van der Waals surface area contributed by atoms with Crippen molar-refractivity contribution in [1.82, 2.24) is 4.90 Å². The fourth-order valence-electron chi connectivity index (χ4n) is 3.08. The summed E-state index contributed by atoms with van der Waals surface area (Å²) < 4.78 is 11.1. The zero-order valence-corrected chi connectivity index (χ0v) is 13.4. The van der Waals surface area contributed by atoms with Gasteiger partial charge in [-0.25, -0.2) is 0 Å². The number of benzene rings is 1. The largest absolute Gasteiger partial charge is 0.491 e. The van der Waals surface area contributed by atoms with E-state index in [-0.39, 0.29) is 12.1 Å². The third-order valence-corrected chi connectivity index (χ3v) is 4.00. The van der Waals surface area contributed by atoms with Crippen LogP contribution in [0.4, 0.5) is 0 Å². The molecule has 2 rings (SSSR count). The number of ether oxygens (including phenoxy) is 2. The van der Waals surface area contributed by atoms with Gasteiger partial charge in [-0.2, -0.15) is 0 Å². The van der Waals surface area contributed by atoms with Crippen LogP contribution in [0.1, 0.15) is 31.9 Å². The predicted octanol–water partition coefficient (Wildman–Crippen LogP) is 2.44. The molecule has 2 N–H and O–H groups in total. The standard InChI is InChI=1S/C17H28N2O2/c1-13(2)21-16-6-4-5-15(9-16)17(10-18)19-8-7-14(11-19)12-20-3/h4-6,9,13-14,17H,7-8,10-12,18H2,1-3H3. The Bertz CT molecular complexity index is 437. The molecule has 1 aromatic rings. The van der Waals surface area contributed by atoms with Crippen molar-refractivity contribution < 1.29 is 9.47 Å². The van der Waals surface area contributed by atoms with Gasteiger partial charge in [-0.1, -0.05) is 12.1 Å². The van der Waals surface area contributed by atoms with Gasteiger partial charge in [-0.15, -0.1) is 0 Å². The second kappa shape index (κ2) is 7.78. The summed E-state index contributed by atoms with van der Waals surface area (Å²) in [5.74, 6) is 1.55. The van der Waals surface area contributed by atoms with E-state index in [2.05, 4.69) is 23.1 Å². The van der Waals surface area contributed by atoms with Crippen molar-refractivity contribution in [2.45, 2.75) is 32.4 Å². The molecule has 0 radical (unpaired) electrons. The molecule has 2 unspecified atom stereocenters. The van der Waals surface area contributed by atoms with Crippen LogP contribution in [0.25, 0.3) is 0 Å². The molecule has 0 amide bonds. The minimum absolute atomic E-state index is 0.189. The maximum Gasteiger partial charge on any atom is 0.120 e. The Morgan fingerprint density at radius 1 is 1.38 bits per heavy atom. The molecule has 1 aromatic carbocycles. The van der Waals surface area contributed by atoms with Crippen molar-refractivity contribution in [3.63, 3.8) is 0 Å². The van der Waals surface area contributed by atoms with Crippen LogP contribution < -0.4 is 10.5 Å². The minimum Gasteiger partial charge on any atom is -0.491 e. The molecule has 4 nitrogen and oxygen atoms in total. The summed E-state index contributed by atoms with van der Waals surface area (Å²) >= 11 is 0. The topological polar surface area (TPSA) is 47.7 Å². The van der Waals surface area contributed by atoms with Gasteiger partial charge in [-0.3, -0.25) is 4.90 Å². The highest BCUT2D eigenvalue weighted by Crippen LogP contribution is 2.29. The van der Waals surface area contributed by atoms with Crippen LogP contribution in [0, 0.1) is 5.92 Å². The molecular weight excluding hydrogens is 264 g/mol. The molecular formula is C17H28N2O2. The van der Waals surface area contributed by atoms with E-state index in [0.717, 1.165) is 25.4 Å². The molecule has 0 saturated carbocycles. The second-order valence-corrected chi connectivity index (χ2v) is 6.10. The Morgan fingerprint density at radius 2 is 2.19 bits per heavy atom. The van der Waals surface area contributed by atoms with E-state index in [0.29, 0.717) is 12.5 Å². The highest BCUT2D eigenvalue weighted by molar-refractivity contribution is 5.31. The highest BCUT2D eigenvalue weighted by Gasteiger charge is 2.28. The van der Waals surface area contributed by atoms with Gasteiger partial charge in [-0.05, 0) is 50.4 Å². The van der Waals surface area contributed by atoms with Gasteiger partial charge in [0.2, 0.25) is 0 Å².